The molecular weight excluding hydrogens is 292 g/mol. The third-order valence-corrected chi connectivity index (χ3v) is 3.26. The van der Waals surface area contributed by atoms with E-state index in [1.807, 2.05) is 49.4 Å². The number of esters is 1. The van der Waals surface area contributed by atoms with Gasteiger partial charge < -0.3 is 14.2 Å². The van der Waals surface area contributed by atoms with E-state index >= 15 is 0 Å². The van der Waals surface area contributed by atoms with Crippen LogP contribution in [0.2, 0.25) is 0 Å². The number of carbonyl (C=O) groups is 1. The first-order valence-corrected chi connectivity index (χ1v) is 7.81. The fraction of sp³-hybridized carbons (Fsp3) is 0.316. The highest BCUT2D eigenvalue weighted by Gasteiger charge is 2.07. The number of rotatable bonds is 9. The second-order valence-corrected chi connectivity index (χ2v) is 4.94. The van der Waals surface area contributed by atoms with Gasteiger partial charge in [-0.05, 0) is 43.2 Å². The number of ether oxygens (including phenoxy) is 3. The third kappa shape index (κ3) is 6.12. The predicted molar refractivity (Wildman–Crippen MR) is 88.9 cm³/mol. The SMILES string of the molecule is CCOCCc1ccc(C(=O)OCCOc2ccccc2)cc1. The zero-order valence-corrected chi connectivity index (χ0v) is 13.4. The number of para-hydroxylation sites is 1. The minimum absolute atomic E-state index is 0.222. The van der Waals surface area contributed by atoms with Gasteiger partial charge in [0.25, 0.3) is 0 Å². The quantitative estimate of drug-likeness (QED) is 0.525. The summed E-state index contributed by atoms with van der Waals surface area (Å²) >= 11 is 0. The van der Waals surface area contributed by atoms with Crippen LogP contribution in [0.4, 0.5) is 0 Å². The molecule has 0 radical (unpaired) electrons. The van der Waals surface area contributed by atoms with E-state index in [0.717, 1.165) is 24.3 Å². The van der Waals surface area contributed by atoms with Crippen LogP contribution < -0.4 is 4.74 Å². The maximum absolute atomic E-state index is 11.9. The zero-order chi connectivity index (χ0) is 16.3. The molecule has 0 N–H and O–H groups in total. The molecule has 0 aliphatic heterocycles. The van der Waals surface area contributed by atoms with Crippen LogP contribution in [0.25, 0.3) is 0 Å². The fourth-order valence-electron chi connectivity index (χ4n) is 2.04. The summed E-state index contributed by atoms with van der Waals surface area (Å²) in [5.74, 6) is 0.431. The van der Waals surface area contributed by atoms with Gasteiger partial charge in [0.15, 0.2) is 0 Å². The Morgan fingerprint density at radius 2 is 1.65 bits per heavy atom. The van der Waals surface area contributed by atoms with Crippen LogP contribution in [0.15, 0.2) is 54.6 Å². The number of hydrogen-bond acceptors (Lipinski definition) is 4. The fourth-order valence-corrected chi connectivity index (χ4v) is 2.04. The molecule has 0 amide bonds. The minimum Gasteiger partial charge on any atom is -0.490 e. The van der Waals surface area contributed by atoms with Crippen molar-refractivity contribution in [3.63, 3.8) is 0 Å². The van der Waals surface area contributed by atoms with E-state index in [9.17, 15) is 4.79 Å². The van der Waals surface area contributed by atoms with Gasteiger partial charge in [0, 0.05) is 6.61 Å². The van der Waals surface area contributed by atoms with Crippen LogP contribution in [-0.4, -0.2) is 32.4 Å². The summed E-state index contributed by atoms with van der Waals surface area (Å²) in [7, 11) is 0. The first kappa shape index (κ1) is 17.0. The molecule has 2 rings (SSSR count). The Bertz CT molecular complexity index is 578. The van der Waals surface area contributed by atoms with Gasteiger partial charge in [0.1, 0.15) is 19.0 Å². The Morgan fingerprint density at radius 1 is 0.913 bits per heavy atom. The molecule has 4 nitrogen and oxygen atoms in total. The molecule has 0 aliphatic carbocycles. The molecule has 0 heterocycles. The lowest BCUT2D eigenvalue weighted by atomic mass is 10.1. The van der Waals surface area contributed by atoms with E-state index in [0.29, 0.717) is 18.8 Å². The second-order valence-electron chi connectivity index (χ2n) is 4.94. The van der Waals surface area contributed by atoms with E-state index in [-0.39, 0.29) is 12.6 Å². The van der Waals surface area contributed by atoms with Crippen LogP contribution in [0.3, 0.4) is 0 Å². The summed E-state index contributed by atoms with van der Waals surface area (Å²) in [6.45, 7) is 3.94. The van der Waals surface area contributed by atoms with E-state index in [4.69, 9.17) is 14.2 Å². The topological polar surface area (TPSA) is 44.8 Å². The van der Waals surface area contributed by atoms with E-state index in [1.165, 1.54) is 0 Å². The Labute approximate surface area is 137 Å². The third-order valence-electron chi connectivity index (χ3n) is 3.26. The zero-order valence-electron chi connectivity index (χ0n) is 13.4. The molecule has 0 unspecified atom stereocenters. The Morgan fingerprint density at radius 3 is 2.35 bits per heavy atom. The lowest BCUT2D eigenvalue weighted by Gasteiger charge is -2.08. The van der Waals surface area contributed by atoms with Gasteiger partial charge in [0.05, 0.1) is 12.2 Å². The average molecular weight is 314 g/mol. The highest BCUT2D eigenvalue weighted by molar-refractivity contribution is 5.89. The van der Waals surface area contributed by atoms with Gasteiger partial charge in [-0.1, -0.05) is 30.3 Å². The van der Waals surface area contributed by atoms with Crippen molar-refractivity contribution < 1.29 is 19.0 Å². The van der Waals surface area contributed by atoms with Crippen molar-refractivity contribution in [2.24, 2.45) is 0 Å². The first-order chi connectivity index (χ1) is 11.3. The van der Waals surface area contributed by atoms with Gasteiger partial charge in [-0.3, -0.25) is 0 Å². The summed E-state index contributed by atoms with van der Waals surface area (Å²) in [6.07, 6.45) is 0.841. The second kappa shape index (κ2) is 9.64. The first-order valence-electron chi connectivity index (χ1n) is 7.81. The molecule has 0 atom stereocenters. The maximum Gasteiger partial charge on any atom is 0.338 e. The van der Waals surface area contributed by atoms with Crippen molar-refractivity contribution >= 4 is 5.97 Å². The molecule has 0 fully saturated rings. The van der Waals surface area contributed by atoms with Crippen LogP contribution in [0.5, 0.6) is 5.75 Å². The summed E-state index contributed by atoms with van der Waals surface area (Å²) in [5.41, 5.74) is 1.69. The maximum atomic E-state index is 11.9. The number of hydrogen-bond donors (Lipinski definition) is 0. The van der Waals surface area contributed by atoms with Gasteiger partial charge in [-0.15, -0.1) is 0 Å². The normalized spacial score (nSPS) is 10.3. The number of benzene rings is 2. The molecule has 2 aromatic carbocycles. The molecular formula is C19H22O4. The van der Waals surface area contributed by atoms with Gasteiger partial charge >= 0.3 is 5.97 Å². The predicted octanol–water partition coefficient (Wildman–Crippen LogP) is 3.50. The van der Waals surface area contributed by atoms with Crippen molar-refractivity contribution in [3.05, 3.63) is 65.7 Å². The molecule has 0 saturated carbocycles. The van der Waals surface area contributed by atoms with Crippen molar-refractivity contribution in [2.75, 3.05) is 26.4 Å². The van der Waals surface area contributed by atoms with Gasteiger partial charge in [-0.2, -0.15) is 0 Å². The highest BCUT2D eigenvalue weighted by atomic mass is 16.6. The highest BCUT2D eigenvalue weighted by Crippen LogP contribution is 2.09. The Kier molecular flexibility index (Phi) is 7.14. The summed E-state index contributed by atoms with van der Waals surface area (Å²) in [6, 6.07) is 16.9. The van der Waals surface area contributed by atoms with Crippen molar-refractivity contribution in [1.82, 2.24) is 0 Å². The molecule has 0 bridgehead atoms. The van der Waals surface area contributed by atoms with Crippen molar-refractivity contribution in [1.29, 1.82) is 0 Å². The molecule has 122 valence electrons. The van der Waals surface area contributed by atoms with Crippen LogP contribution in [0.1, 0.15) is 22.8 Å². The van der Waals surface area contributed by atoms with Crippen LogP contribution >= 0.6 is 0 Å². The molecule has 23 heavy (non-hydrogen) atoms. The Balaban J connectivity index is 1.70. The van der Waals surface area contributed by atoms with Crippen molar-refractivity contribution in [3.8, 4) is 5.75 Å². The van der Waals surface area contributed by atoms with E-state index in [1.54, 1.807) is 12.1 Å². The van der Waals surface area contributed by atoms with Crippen LogP contribution in [-0.2, 0) is 15.9 Å². The summed E-state index contributed by atoms with van der Waals surface area (Å²) in [5, 5.41) is 0. The largest absolute Gasteiger partial charge is 0.490 e. The molecule has 0 saturated heterocycles. The Hall–Kier alpha value is -2.33. The molecule has 2 aromatic rings. The van der Waals surface area contributed by atoms with E-state index < -0.39 is 0 Å². The summed E-state index contributed by atoms with van der Waals surface area (Å²) < 4.78 is 16.0. The molecule has 0 spiro atoms. The van der Waals surface area contributed by atoms with Crippen molar-refractivity contribution in [2.45, 2.75) is 13.3 Å². The lowest BCUT2D eigenvalue weighted by molar-refractivity contribution is 0.0450. The molecule has 0 aliphatic rings. The minimum atomic E-state index is -0.335. The lowest BCUT2D eigenvalue weighted by Crippen LogP contribution is -2.12. The number of carbonyl (C=O) groups excluding carboxylic acids is 1. The molecule has 4 heteroatoms. The summed E-state index contributed by atoms with van der Waals surface area (Å²) in [4.78, 5) is 11.9. The standard InChI is InChI=1S/C19H22O4/c1-2-21-13-12-16-8-10-17(11-9-16)19(20)23-15-14-22-18-6-4-3-5-7-18/h3-11H,2,12-15H2,1H3. The van der Waals surface area contributed by atoms with Gasteiger partial charge in [0.2, 0.25) is 0 Å². The van der Waals surface area contributed by atoms with E-state index in [2.05, 4.69) is 0 Å². The van der Waals surface area contributed by atoms with Crippen LogP contribution in [0, 0.1) is 0 Å². The van der Waals surface area contributed by atoms with Gasteiger partial charge in [-0.25, -0.2) is 4.79 Å². The molecule has 0 aromatic heterocycles. The smallest absolute Gasteiger partial charge is 0.338 e. The monoisotopic (exact) mass is 314 g/mol. The average Bonchev–Trinajstić information content (AvgIpc) is 2.60.